The summed E-state index contributed by atoms with van der Waals surface area (Å²) in [6.45, 7) is 3.55. The third-order valence-electron chi connectivity index (χ3n) is 2.39. The second kappa shape index (κ2) is 3.54. The van der Waals surface area contributed by atoms with E-state index in [9.17, 15) is 9.90 Å². The molecule has 4 nitrogen and oxygen atoms in total. The third-order valence-corrected chi connectivity index (χ3v) is 2.39. The number of rotatable bonds is 1. The molecule has 1 aromatic rings. The van der Waals surface area contributed by atoms with Gasteiger partial charge in [0.05, 0.1) is 0 Å². The van der Waals surface area contributed by atoms with Gasteiger partial charge in [0.15, 0.2) is 5.88 Å². The Labute approximate surface area is 82.0 Å². The van der Waals surface area contributed by atoms with E-state index in [4.69, 9.17) is 5.26 Å². The number of nitriles is 1. The summed E-state index contributed by atoms with van der Waals surface area (Å²) in [5, 5.41) is 18.4. The predicted molar refractivity (Wildman–Crippen MR) is 52.2 cm³/mol. The maximum atomic E-state index is 11.5. The van der Waals surface area contributed by atoms with E-state index in [2.05, 4.69) is 0 Å². The van der Waals surface area contributed by atoms with Crippen LogP contribution in [0.2, 0.25) is 0 Å². The van der Waals surface area contributed by atoms with Crippen molar-refractivity contribution < 1.29 is 5.11 Å². The van der Waals surface area contributed by atoms with Gasteiger partial charge in [-0.05, 0) is 18.9 Å². The average Bonchev–Trinajstić information content (AvgIpc) is 2.20. The summed E-state index contributed by atoms with van der Waals surface area (Å²) in [4.78, 5) is 11.5. The molecule has 0 aliphatic carbocycles. The predicted octanol–water partition coefficient (Wildman–Crippen LogP) is 0.833. The second-order valence-corrected chi connectivity index (χ2v) is 3.13. The van der Waals surface area contributed by atoms with Crippen LogP contribution in [0.4, 0.5) is 0 Å². The van der Waals surface area contributed by atoms with Crippen LogP contribution in [0, 0.1) is 18.3 Å². The minimum absolute atomic E-state index is 0.0640. The molecule has 0 bridgehead atoms. The zero-order valence-electron chi connectivity index (χ0n) is 8.46. The van der Waals surface area contributed by atoms with Crippen LogP contribution in [0.25, 0.3) is 0 Å². The van der Waals surface area contributed by atoms with Crippen LogP contribution >= 0.6 is 0 Å². The molecule has 0 saturated carbocycles. The first-order valence-corrected chi connectivity index (χ1v) is 4.36. The van der Waals surface area contributed by atoms with Gasteiger partial charge in [0.2, 0.25) is 0 Å². The molecule has 0 aromatic carbocycles. The zero-order valence-corrected chi connectivity index (χ0v) is 8.46. The minimum Gasteiger partial charge on any atom is -0.494 e. The van der Waals surface area contributed by atoms with E-state index in [1.807, 2.05) is 13.0 Å². The summed E-state index contributed by atoms with van der Waals surface area (Å²) >= 11 is 0. The van der Waals surface area contributed by atoms with Crippen molar-refractivity contribution in [1.82, 2.24) is 4.57 Å². The highest BCUT2D eigenvalue weighted by atomic mass is 16.3. The van der Waals surface area contributed by atoms with E-state index in [0.29, 0.717) is 17.5 Å². The molecule has 0 spiro atoms. The van der Waals surface area contributed by atoms with Crippen LogP contribution in [0.5, 0.6) is 5.88 Å². The molecule has 74 valence electrons. The molecule has 0 amide bonds. The van der Waals surface area contributed by atoms with Crippen molar-refractivity contribution in [2.45, 2.75) is 20.3 Å². The minimum atomic E-state index is -0.438. The van der Waals surface area contributed by atoms with Crippen LogP contribution in [-0.4, -0.2) is 9.67 Å². The normalized spacial score (nSPS) is 9.86. The fourth-order valence-electron chi connectivity index (χ4n) is 1.52. The molecule has 4 heteroatoms. The van der Waals surface area contributed by atoms with E-state index in [0.717, 1.165) is 4.57 Å². The lowest BCUT2D eigenvalue weighted by Gasteiger charge is -2.10. The second-order valence-electron chi connectivity index (χ2n) is 3.13. The molecule has 0 fully saturated rings. The van der Waals surface area contributed by atoms with Crippen molar-refractivity contribution in [2.24, 2.45) is 7.05 Å². The Morgan fingerprint density at radius 1 is 1.57 bits per heavy atom. The lowest BCUT2D eigenvalue weighted by molar-refractivity contribution is 0.417. The summed E-state index contributed by atoms with van der Waals surface area (Å²) in [6, 6.07) is 1.88. The topological polar surface area (TPSA) is 66.0 Å². The van der Waals surface area contributed by atoms with Crippen LogP contribution < -0.4 is 5.56 Å². The van der Waals surface area contributed by atoms with Gasteiger partial charge in [-0.1, -0.05) is 6.92 Å². The molecule has 1 rings (SSSR count). The molecule has 0 aliphatic rings. The molecular weight excluding hydrogens is 180 g/mol. The Hall–Kier alpha value is -1.76. The van der Waals surface area contributed by atoms with Crippen molar-refractivity contribution in [3.63, 3.8) is 0 Å². The third kappa shape index (κ3) is 1.27. The highest BCUT2D eigenvalue weighted by Crippen LogP contribution is 2.19. The average molecular weight is 192 g/mol. The Morgan fingerprint density at radius 3 is 2.57 bits per heavy atom. The van der Waals surface area contributed by atoms with Crippen LogP contribution in [0.15, 0.2) is 4.79 Å². The summed E-state index contributed by atoms with van der Waals surface area (Å²) in [5.74, 6) is -0.0640. The van der Waals surface area contributed by atoms with Crippen molar-refractivity contribution in [1.29, 1.82) is 5.26 Å². The van der Waals surface area contributed by atoms with Gasteiger partial charge < -0.3 is 5.11 Å². The molecule has 1 aromatic heterocycles. The molecule has 0 saturated heterocycles. The molecule has 0 atom stereocenters. The van der Waals surface area contributed by atoms with E-state index < -0.39 is 5.56 Å². The number of aromatic hydroxyl groups is 1. The van der Waals surface area contributed by atoms with E-state index in [1.54, 1.807) is 6.92 Å². The first kappa shape index (κ1) is 10.3. The first-order chi connectivity index (χ1) is 6.54. The Kier molecular flexibility index (Phi) is 2.61. The van der Waals surface area contributed by atoms with Crippen molar-refractivity contribution in [2.75, 3.05) is 0 Å². The van der Waals surface area contributed by atoms with Crippen molar-refractivity contribution in [3.05, 3.63) is 27.0 Å². The smallest absolute Gasteiger partial charge is 0.271 e. The molecule has 1 N–H and O–H groups in total. The quantitative estimate of drug-likeness (QED) is 0.716. The van der Waals surface area contributed by atoms with Crippen LogP contribution in [-0.2, 0) is 13.5 Å². The summed E-state index contributed by atoms with van der Waals surface area (Å²) in [5.41, 5.74) is 0.928. The molecule has 0 radical (unpaired) electrons. The van der Waals surface area contributed by atoms with Gasteiger partial charge in [-0.2, -0.15) is 5.26 Å². The van der Waals surface area contributed by atoms with Crippen molar-refractivity contribution in [3.8, 4) is 11.9 Å². The van der Waals surface area contributed by atoms with E-state index >= 15 is 0 Å². The van der Waals surface area contributed by atoms with Crippen LogP contribution in [0.3, 0.4) is 0 Å². The summed E-state index contributed by atoms with van der Waals surface area (Å²) in [7, 11) is 1.45. The number of aromatic nitrogens is 1. The van der Waals surface area contributed by atoms with E-state index in [1.165, 1.54) is 7.05 Å². The van der Waals surface area contributed by atoms with Gasteiger partial charge in [0.1, 0.15) is 11.6 Å². The van der Waals surface area contributed by atoms with E-state index in [-0.39, 0.29) is 11.4 Å². The lowest BCUT2D eigenvalue weighted by atomic mass is 10.0. The van der Waals surface area contributed by atoms with Crippen molar-refractivity contribution >= 4 is 0 Å². The maximum absolute atomic E-state index is 11.5. The van der Waals surface area contributed by atoms with Gasteiger partial charge in [0, 0.05) is 12.6 Å². The zero-order chi connectivity index (χ0) is 10.9. The maximum Gasteiger partial charge on any atom is 0.271 e. The molecule has 1 heterocycles. The summed E-state index contributed by atoms with van der Waals surface area (Å²) < 4.78 is 1.09. The number of hydrogen-bond acceptors (Lipinski definition) is 3. The Balaban J connectivity index is 3.77. The van der Waals surface area contributed by atoms with Gasteiger partial charge in [-0.25, -0.2) is 0 Å². The van der Waals surface area contributed by atoms with Gasteiger partial charge in [-0.3, -0.25) is 9.36 Å². The highest BCUT2D eigenvalue weighted by molar-refractivity contribution is 5.45. The molecule has 14 heavy (non-hydrogen) atoms. The highest BCUT2D eigenvalue weighted by Gasteiger charge is 2.15. The first-order valence-electron chi connectivity index (χ1n) is 4.36. The largest absolute Gasteiger partial charge is 0.494 e. The van der Waals surface area contributed by atoms with Gasteiger partial charge in [-0.15, -0.1) is 0 Å². The Bertz CT molecular complexity index is 466. The lowest BCUT2D eigenvalue weighted by Crippen LogP contribution is -2.22. The monoisotopic (exact) mass is 192 g/mol. The molecule has 0 aliphatic heterocycles. The van der Waals surface area contributed by atoms with Gasteiger partial charge >= 0.3 is 0 Å². The molecular formula is C10H12N2O2. The SMILES string of the molecule is CCc1c(C)c(O)n(C)c(=O)c1C#N. The number of nitrogens with zero attached hydrogens (tertiary/aromatic N) is 2. The number of pyridine rings is 1. The van der Waals surface area contributed by atoms with Crippen LogP contribution in [0.1, 0.15) is 23.6 Å². The fraction of sp³-hybridized carbons (Fsp3) is 0.400. The Morgan fingerprint density at radius 2 is 2.14 bits per heavy atom. The fourth-order valence-corrected chi connectivity index (χ4v) is 1.52. The summed E-state index contributed by atoms with van der Waals surface area (Å²) in [6.07, 6.45) is 0.568. The molecule has 0 unspecified atom stereocenters. The van der Waals surface area contributed by atoms with Gasteiger partial charge in [0.25, 0.3) is 5.56 Å². The number of hydrogen-bond donors (Lipinski definition) is 1. The standard InChI is InChI=1S/C10H12N2O2/c1-4-7-6(2)9(13)12(3)10(14)8(7)5-11/h13H,4H2,1-3H3.